The molecular formula is C9H11NO2. The average molecular weight is 165 g/mol. The summed E-state index contributed by atoms with van der Waals surface area (Å²) in [4.78, 5) is 0. The number of hydrogen-bond donors (Lipinski definition) is 1. The Hall–Kier alpha value is -1.38. The summed E-state index contributed by atoms with van der Waals surface area (Å²) < 4.78 is 10.6. The van der Waals surface area contributed by atoms with Crippen LogP contribution in [0.1, 0.15) is 6.92 Å². The van der Waals surface area contributed by atoms with Crippen molar-refractivity contribution < 1.29 is 9.47 Å². The zero-order chi connectivity index (χ0) is 8.39. The summed E-state index contributed by atoms with van der Waals surface area (Å²) in [5, 5.41) is 3.10. The van der Waals surface area contributed by atoms with Crippen molar-refractivity contribution in [2.24, 2.45) is 0 Å². The highest BCUT2D eigenvalue weighted by Crippen LogP contribution is 2.32. The Morgan fingerprint density at radius 3 is 3.33 bits per heavy atom. The third kappa shape index (κ3) is 1.18. The van der Waals surface area contributed by atoms with Gasteiger partial charge in [-0.1, -0.05) is 0 Å². The van der Waals surface area contributed by atoms with E-state index in [1.165, 1.54) is 0 Å². The summed E-state index contributed by atoms with van der Waals surface area (Å²) in [6.45, 7) is 3.22. The number of fused-ring (bicyclic) bond motifs is 1. The van der Waals surface area contributed by atoms with Gasteiger partial charge in [0.15, 0.2) is 6.73 Å². The molecule has 2 rings (SSSR count). The maximum atomic E-state index is 5.34. The lowest BCUT2D eigenvalue weighted by Crippen LogP contribution is -1.96. The van der Waals surface area contributed by atoms with Crippen LogP contribution in [0.15, 0.2) is 18.2 Å². The fourth-order valence-electron chi connectivity index (χ4n) is 1.22. The lowest BCUT2D eigenvalue weighted by atomic mass is 10.3. The normalized spacial score (nSPS) is 13.1. The molecule has 1 aliphatic rings. The van der Waals surface area contributed by atoms with Crippen LogP contribution >= 0.6 is 0 Å². The molecule has 0 bridgehead atoms. The van der Waals surface area contributed by atoms with Crippen LogP contribution in [0.4, 0.5) is 5.69 Å². The van der Waals surface area contributed by atoms with Crippen molar-refractivity contribution in [3.63, 3.8) is 0 Å². The number of nitrogens with one attached hydrogen (secondary N) is 1. The summed E-state index contributed by atoms with van der Waals surface area (Å²) in [5.41, 5.74) is 1.01. The third-order valence-corrected chi connectivity index (χ3v) is 1.75. The van der Waals surface area contributed by atoms with Gasteiger partial charge in [0.25, 0.3) is 0 Å². The van der Waals surface area contributed by atoms with Crippen LogP contribution in [0.3, 0.4) is 0 Å². The minimum atomic E-state index is 0.560. The van der Waals surface area contributed by atoms with E-state index in [0.717, 1.165) is 17.2 Å². The molecule has 0 radical (unpaired) electrons. The molecule has 0 atom stereocenters. The Morgan fingerprint density at radius 2 is 2.50 bits per heavy atom. The summed E-state index contributed by atoms with van der Waals surface area (Å²) in [6, 6.07) is 5.78. The molecule has 0 saturated heterocycles. The van der Waals surface area contributed by atoms with Crippen molar-refractivity contribution in [3.05, 3.63) is 18.2 Å². The van der Waals surface area contributed by atoms with Gasteiger partial charge in [-0.05, 0) is 19.1 Å². The van der Waals surface area contributed by atoms with Gasteiger partial charge in [-0.25, -0.2) is 0 Å². The molecule has 12 heavy (non-hydrogen) atoms. The second-order valence-corrected chi connectivity index (χ2v) is 2.56. The molecule has 3 nitrogen and oxygen atoms in total. The van der Waals surface area contributed by atoms with Gasteiger partial charge in [0.05, 0.1) is 12.3 Å². The minimum absolute atomic E-state index is 0.560. The molecule has 1 N–H and O–H groups in total. The number of ether oxygens (including phenoxy) is 2. The second-order valence-electron chi connectivity index (χ2n) is 2.56. The van der Waals surface area contributed by atoms with Gasteiger partial charge >= 0.3 is 0 Å². The van der Waals surface area contributed by atoms with Gasteiger partial charge in [-0.2, -0.15) is 0 Å². The molecule has 0 fully saturated rings. The Morgan fingerprint density at radius 1 is 1.58 bits per heavy atom. The van der Waals surface area contributed by atoms with E-state index < -0.39 is 0 Å². The fourth-order valence-corrected chi connectivity index (χ4v) is 1.22. The maximum Gasteiger partial charge on any atom is 0.159 e. The van der Waals surface area contributed by atoms with Crippen LogP contribution in [-0.2, 0) is 0 Å². The first-order valence-electron chi connectivity index (χ1n) is 4.03. The molecule has 64 valence electrons. The van der Waals surface area contributed by atoms with Gasteiger partial charge < -0.3 is 14.8 Å². The molecular weight excluding hydrogens is 154 g/mol. The van der Waals surface area contributed by atoms with E-state index in [0.29, 0.717) is 13.3 Å². The molecule has 1 aliphatic heterocycles. The zero-order valence-electron chi connectivity index (χ0n) is 6.96. The Balaban J connectivity index is 2.26. The summed E-state index contributed by atoms with van der Waals surface area (Å²) in [7, 11) is 0. The van der Waals surface area contributed by atoms with Crippen LogP contribution < -0.4 is 14.8 Å². The lowest BCUT2D eigenvalue weighted by Gasteiger charge is -2.03. The lowest BCUT2D eigenvalue weighted by molar-refractivity contribution is 0.339. The first-order chi connectivity index (χ1) is 5.90. The highest BCUT2D eigenvalue weighted by Gasteiger charge is 2.10. The van der Waals surface area contributed by atoms with E-state index in [9.17, 15) is 0 Å². The predicted octanol–water partition coefficient (Wildman–Crippen LogP) is 1.85. The van der Waals surface area contributed by atoms with E-state index >= 15 is 0 Å². The summed E-state index contributed by atoms with van der Waals surface area (Å²) in [6.07, 6.45) is 0. The van der Waals surface area contributed by atoms with Gasteiger partial charge in [-0.15, -0.1) is 0 Å². The quantitative estimate of drug-likeness (QED) is 0.725. The minimum Gasteiger partial charge on any atom is -0.494 e. The van der Waals surface area contributed by atoms with Crippen LogP contribution in [0.5, 0.6) is 11.5 Å². The van der Waals surface area contributed by atoms with Crippen LogP contribution in [0.2, 0.25) is 0 Å². The molecule has 0 saturated carbocycles. The van der Waals surface area contributed by atoms with Crippen molar-refractivity contribution in [1.29, 1.82) is 0 Å². The second kappa shape index (κ2) is 2.93. The molecule has 0 aromatic heterocycles. The van der Waals surface area contributed by atoms with Gasteiger partial charge in [-0.3, -0.25) is 0 Å². The maximum absolute atomic E-state index is 5.34. The largest absolute Gasteiger partial charge is 0.494 e. The van der Waals surface area contributed by atoms with Gasteiger partial charge in [0.1, 0.15) is 11.5 Å². The zero-order valence-corrected chi connectivity index (χ0v) is 6.96. The highest BCUT2D eigenvalue weighted by atomic mass is 16.5. The summed E-state index contributed by atoms with van der Waals surface area (Å²) in [5.74, 6) is 1.78. The molecule has 0 amide bonds. The van der Waals surface area contributed by atoms with E-state index in [4.69, 9.17) is 9.47 Å². The molecule has 1 heterocycles. The topological polar surface area (TPSA) is 30.5 Å². The first kappa shape index (κ1) is 7.28. The van der Waals surface area contributed by atoms with Gasteiger partial charge in [0.2, 0.25) is 0 Å². The number of hydrogen-bond acceptors (Lipinski definition) is 3. The van der Waals surface area contributed by atoms with Gasteiger partial charge in [0, 0.05) is 6.07 Å². The van der Waals surface area contributed by atoms with Crippen molar-refractivity contribution in [2.75, 3.05) is 18.7 Å². The van der Waals surface area contributed by atoms with E-state index in [1.54, 1.807) is 0 Å². The molecule has 1 aromatic carbocycles. The predicted molar refractivity (Wildman–Crippen MR) is 46.7 cm³/mol. The molecule has 3 heteroatoms. The first-order valence-corrected chi connectivity index (χ1v) is 4.03. The van der Waals surface area contributed by atoms with Crippen molar-refractivity contribution >= 4 is 5.69 Å². The Labute approximate surface area is 71.3 Å². The molecule has 1 aromatic rings. The molecule has 0 unspecified atom stereocenters. The molecule has 0 spiro atoms. The standard InChI is InChI=1S/C9H11NO2/c1-2-11-7-3-4-9-8(5-7)10-6-12-9/h3-5,10H,2,6H2,1H3. The van der Waals surface area contributed by atoms with E-state index in [1.807, 2.05) is 25.1 Å². The van der Waals surface area contributed by atoms with E-state index in [-0.39, 0.29) is 0 Å². The average Bonchev–Trinajstić information content (AvgIpc) is 2.51. The van der Waals surface area contributed by atoms with Crippen molar-refractivity contribution in [3.8, 4) is 11.5 Å². The van der Waals surface area contributed by atoms with Crippen LogP contribution in [0, 0.1) is 0 Å². The molecule has 0 aliphatic carbocycles. The fraction of sp³-hybridized carbons (Fsp3) is 0.333. The van der Waals surface area contributed by atoms with Crippen LogP contribution in [-0.4, -0.2) is 13.3 Å². The highest BCUT2D eigenvalue weighted by molar-refractivity contribution is 5.61. The number of benzene rings is 1. The summed E-state index contributed by atoms with van der Waals surface area (Å²) >= 11 is 0. The SMILES string of the molecule is CCOc1ccc2c(c1)NCO2. The number of rotatable bonds is 2. The van der Waals surface area contributed by atoms with E-state index in [2.05, 4.69) is 5.32 Å². The number of anilines is 1. The van der Waals surface area contributed by atoms with Crippen molar-refractivity contribution in [1.82, 2.24) is 0 Å². The monoisotopic (exact) mass is 165 g/mol. The van der Waals surface area contributed by atoms with Crippen LogP contribution in [0.25, 0.3) is 0 Å². The Kier molecular flexibility index (Phi) is 1.78. The van der Waals surface area contributed by atoms with Crippen molar-refractivity contribution in [2.45, 2.75) is 6.92 Å². The third-order valence-electron chi connectivity index (χ3n) is 1.75. The smallest absolute Gasteiger partial charge is 0.159 e. The Bertz CT molecular complexity index is 286.